The molecule has 1 atom stereocenters. The minimum atomic E-state index is -0.811. The van der Waals surface area contributed by atoms with Gasteiger partial charge in [0.1, 0.15) is 11.8 Å². The van der Waals surface area contributed by atoms with Crippen molar-refractivity contribution in [2.75, 3.05) is 39.9 Å². The molecule has 1 unspecified atom stereocenters. The number of hydrogen-bond acceptors (Lipinski definition) is 7. The van der Waals surface area contributed by atoms with Gasteiger partial charge >= 0.3 is 5.97 Å². The number of methoxy groups -OCH3 is 1. The van der Waals surface area contributed by atoms with Crippen molar-refractivity contribution in [3.63, 3.8) is 0 Å². The van der Waals surface area contributed by atoms with Crippen LogP contribution >= 0.6 is 0 Å². The Kier molecular flexibility index (Phi) is 10.0. The molecule has 2 fully saturated rings. The predicted octanol–water partition coefficient (Wildman–Crippen LogP) is 1.83. The summed E-state index contributed by atoms with van der Waals surface area (Å²) in [6.45, 7) is 3.21. The normalized spacial score (nSPS) is 18.1. The Bertz CT molecular complexity index is 918. The second kappa shape index (κ2) is 12.7. The summed E-state index contributed by atoms with van der Waals surface area (Å²) >= 11 is 0. The number of fused-ring (bicyclic) bond motifs is 1. The second-order valence-corrected chi connectivity index (χ2v) is 7.68. The lowest BCUT2D eigenvalue weighted by atomic mass is 9.89. The molecule has 33 heavy (non-hydrogen) atoms. The van der Waals surface area contributed by atoms with Crippen LogP contribution in [0.4, 0.5) is 0 Å². The zero-order chi connectivity index (χ0) is 24.3. The van der Waals surface area contributed by atoms with E-state index in [4.69, 9.17) is 29.3 Å². The zero-order valence-electron chi connectivity index (χ0n) is 18.5. The van der Waals surface area contributed by atoms with Crippen molar-refractivity contribution in [2.24, 2.45) is 0 Å². The van der Waals surface area contributed by atoms with Crippen LogP contribution in [0.25, 0.3) is 10.8 Å². The molecule has 4 N–H and O–H groups in total. The van der Waals surface area contributed by atoms with E-state index >= 15 is 0 Å². The maximum absolute atomic E-state index is 12.2. The monoisotopic (exact) mass is 462 g/mol. The lowest BCUT2D eigenvalue weighted by Gasteiger charge is -2.46. The van der Waals surface area contributed by atoms with Gasteiger partial charge in [0.05, 0.1) is 19.3 Å². The lowest BCUT2D eigenvalue weighted by Crippen LogP contribution is -2.57. The second-order valence-electron chi connectivity index (χ2n) is 7.68. The van der Waals surface area contributed by atoms with Crippen molar-refractivity contribution >= 4 is 29.7 Å². The van der Waals surface area contributed by atoms with E-state index in [2.05, 4.69) is 10.2 Å². The van der Waals surface area contributed by atoms with Gasteiger partial charge in [0.15, 0.2) is 0 Å². The third kappa shape index (κ3) is 6.88. The third-order valence-electron chi connectivity index (χ3n) is 5.78. The van der Waals surface area contributed by atoms with Crippen molar-refractivity contribution in [1.82, 2.24) is 10.2 Å². The number of morpholine rings is 1. The van der Waals surface area contributed by atoms with E-state index in [9.17, 15) is 9.90 Å². The van der Waals surface area contributed by atoms with Crippen LogP contribution < -0.4 is 10.1 Å². The molecule has 10 heteroatoms. The Labute approximate surface area is 191 Å². The fourth-order valence-corrected chi connectivity index (χ4v) is 4.33. The zero-order valence-corrected chi connectivity index (χ0v) is 18.5. The highest BCUT2D eigenvalue weighted by molar-refractivity contribution is 5.86. The highest BCUT2D eigenvalue weighted by atomic mass is 16.5. The van der Waals surface area contributed by atoms with E-state index in [0.29, 0.717) is 19.7 Å². The standard InChI is InChI=1S/C21H26N2O4.2CH2O2/c1-26-18-5-4-15-12-17(3-2-16(15)13-18)19(20(24)25)23-10-11-27-21(14-23)6-8-22-9-7-21;2*2-1-3/h2-5,12-13,19,22H,6-11,14H2,1H3,(H,24,25);2*1H,(H,2,3). The summed E-state index contributed by atoms with van der Waals surface area (Å²) in [4.78, 5) is 31.0. The summed E-state index contributed by atoms with van der Waals surface area (Å²) in [5, 5.41) is 29.2. The number of nitrogens with zero attached hydrogens (tertiary/aromatic N) is 1. The average Bonchev–Trinajstić information content (AvgIpc) is 2.80. The first-order valence-electron chi connectivity index (χ1n) is 10.5. The van der Waals surface area contributed by atoms with Crippen LogP contribution in [-0.2, 0) is 19.1 Å². The number of ether oxygens (including phenoxy) is 2. The number of carbonyl (C=O) groups is 3. The lowest BCUT2D eigenvalue weighted by molar-refractivity contribution is -0.158. The molecule has 10 nitrogen and oxygen atoms in total. The van der Waals surface area contributed by atoms with Gasteiger partial charge in [-0.1, -0.05) is 18.2 Å². The minimum Gasteiger partial charge on any atom is -0.497 e. The fourth-order valence-electron chi connectivity index (χ4n) is 4.33. The molecule has 0 amide bonds. The maximum Gasteiger partial charge on any atom is 0.325 e. The van der Waals surface area contributed by atoms with E-state index in [0.717, 1.165) is 48.0 Å². The fraction of sp³-hybridized carbons (Fsp3) is 0.435. The molecular formula is C23H30N2O8. The molecular weight excluding hydrogens is 432 g/mol. The quantitative estimate of drug-likeness (QED) is 0.496. The van der Waals surface area contributed by atoms with Crippen LogP contribution in [-0.4, -0.2) is 84.6 Å². The van der Waals surface area contributed by atoms with Gasteiger partial charge in [-0.05, 0) is 60.5 Å². The van der Waals surface area contributed by atoms with Crippen LogP contribution in [0.2, 0.25) is 0 Å². The van der Waals surface area contributed by atoms with Crippen LogP contribution in [0.5, 0.6) is 5.75 Å². The van der Waals surface area contributed by atoms with Crippen molar-refractivity contribution < 1.29 is 39.2 Å². The van der Waals surface area contributed by atoms with Gasteiger partial charge in [0.25, 0.3) is 12.9 Å². The summed E-state index contributed by atoms with van der Waals surface area (Å²) in [6, 6.07) is 11.1. The van der Waals surface area contributed by atoms with Gasteiger partial charge < -0.3 is 30.1 Å². The van der Waals surface area contributed by atoms with E-state index in [1.165, 1.54) is 0 Å². The number of carboxylic acids is 1. The first-order chi connectivity index (χ1) is 15.9. The highest BCUT2D eigenvalue weighted by Crippen LogP contribution is 2.33. The first kappa shape index (κ1) is 26.0. The van der Waals surface area contributed by atoms with Crippen molar-refractivity contribution in [1.29, 1.82) is 0 Å². The Morgan fingerprint density at radius 3 is 2.33 bits per heavy atom. The molecule has 2 heterocycles. The summed E-state index contributed by atoms with van der Waals surface area (Å²) in [5.74, 6) is -0.0140. The molecule has 0 saturated carbocycles. The number of benzene rings is 2. The van der Waals surface area contributed by atoms with Gasteiger partial charge in [-0.25, -0.2) is 0 Å². The van der Waals surface area contributed by atoms with Crippen LogP contribution in [0.15, 0.2) is 36.4 Å². The number of aliphatic carboxylic acids is 1. The summed E-state index contributed by atoms with van der Waals surface area (Å²) in [6.07, 6.45) is 1.85. The third-order valence-corrected chi connectivity index (χ3v) is 5.78. The Morgan fingerprint density at radius 2 is 1.73 bits per heavy atom. The van der Waals surface area contributed by atoms with Gasteiger partial charge in [0.2, 0.25) is 0 Å². The van der Waals surface area contributed by atoms with E-state index in [1.807, 2.05) is 36.4 Å². The van der Waals surface area contributed by atoms with E-state index < -0.39 is 12.0 Å². The number of carboxylic acid groups (broad SMARTS) is 3. The summed E-state index contributed by atoms with van der Waals surface area (Å²) < 4.78 is 11.4. The summed E-state index contributed by atoms with van der Waals surface area (Å²) in [5.41, 5.74) is 0.590. The number of rotatable bonds is 4. The van der Waals surface area contributed by atoms with Crippen molar-refractivity contribution in [3.05, 3.63) is 42.0 Å². The molecule has 0 aromatic heterocycles. The van der Waals surface area contributed by atoms with Crippen LogP contribution in [0.3, 0.4) is 0 Å². The summed E-state index contributed by atoms with van der Waals surface area (Å²) in [7, 11) is 1.64. The molecule has 1 spiro atoms. The predicted molar refractivity (Wildman–Crippen MR) is 121 cm³/mol. The molecule has 2 aromatic carbocycles. The molecule has 2 aromatic rings. The molecule has 180 valence electrons. The Morgan fingerprint density at radius 1 is 1.12 bits per heavy atom. The first-order valence-corrected chi connectivity index (χ1v) is 10.5. The molecule has 0 bridgehead atoms. The molecule has 2 aliphatic rings. The largest absolute Gasteiger partial charge is 0.497 e. The molecule has 2 saturated heterocycles. The maximum atomic E-state index is 12.2. The van der Waals surface area contributed by atoms with Crippen LogP contribution in [0.1, 0.15) is 24.4 Å². The topological polar surface area (TPSA) is 146 Å². The SMILES string of the molecule is COc1ccc2cc(C(C(=O)O)N3CCOC4(CCNCC4)C3)ccc2c1.O=CO.O=CO. The number of hydrogen-bond donors (Lipinski definition) is 4. The molecule has 0 aliphatic carbocycles. The molecule has 2 aliphatic heterocycles. The van der Waals surface area contributed by atoms with Gasteiger partial charge in [-0.2, -0.15) is 0 Å². The molecule has 4 rings (SSSR count). The average molecular weight is 462 g/mol. The number of piperidine rings is 1. The van der Waals surface area contributed by atoms with Crippen LogP contribution in [0, 0.1) is 0 Å². The van der Waals surface area contributed by atoms with Gasteiger partial charge in [-0.15, -0.1) is 0 Å². The minimum absolute atomic E-state index is 0.221. The van der Waals surface area contributed by atoms with E-state index in [-0.39, 0.29) is 18.5 Å². The Hall–Kier alpha value is -3.21. The van der Waals surface area contributed by atoms with Crippen molar-refractivity contribution in [3.8, 4) is 5.75 Å². The smallest absolute Gasteiger partial charge is 0.325 e. The Balaban J connectivity index is 0.000000582. The number of nitrogens with one attached hydrogen (secondary N) is 1. The van der Waals surface area contributed by atoms with Gasteiger partial charge in [0, 0.05) is 13.1 Å². The van der Waals surface area contributed by atoms with Crippen molar-refractivity contribution in [2.45, 2.75) is 24.5 Å². The molecule has 0 radical (unpaired) electrons. The highest BCUT2D eigenvalue weighted by Gasteiger charge is 2.41. The van der Waals surface area contributed by atoms with Gasteiger partial charge in [-0.3, -0.25) is 19.3 Å². The van der Waals surface area contributed by atoms with E-state index in [1.54, 1.807) is 7.11 Å².